The number of hydrogen-bond acceptors (Lipinski definition) is 6. The first-order valence-corrected chi connectivity index (χ1v) is 22.6. The van der Waals surface area contributed by atoms with Crippen molar-refractivity contribution in [2.24, 2.45) is 0 Å². The van der Waals surface area contributed by atoms with Crippen LogP contribution in [-0.2, 0) is 4.74 Å². The van der Waals surface area contributed by atoms with Crippen molar-refractivity contribution in [3.63, 3.8) is 0 Å². The normalized spacial score (nSPS) is 14.3. The van der Waals surface area contributed by atoms with Gasteiger partial charge in [0.05, 0.1) is 39.9 Å². The van der Waals surface area contributed by atoms with E-state index in [0.717, 1.165) is 19.3 Å². The van der Waals surface area contributed by atoms with Gasteiger partial charge in [0.1, 0.15) is 24.4 Å². The Labute approximate surface area is 330 Å². The summed E-state index contributed by atoms with van der Waals surface area (Å²) < 4.78 is 6.73. The van der Waals surface area contributed by atoms with Crippen LogP contribution in [0.2, 0.25) is 0 Å². The Morgan fingerprint density at radius 3 is 0.981 bits per heavy atom. The van der Waals surface area contributed by atoms with Gasteiger partial charge >= 0.3 is 0 Å². The van der Waals surface area contributed by atoms with E-state index in [9.17, 15) is 20.4 Å². The summed E-state index contributed by atoms with van der Waals surface area (Å²) in [7, 11) is 2.48. The molecular formula is C44H92ClNO6. The van der Waals surface area contributed by atoms with Crippen LogP contribution in [0.25, 0.3) is 0 Å². The molecule has 8 heteroatoms. The van der Waals surface area contributed by atoms with Gasteiger partial charge in [-0.25, -0.2) is 0 Å². The van der Waals surface area contributed by atoms with Crippen LogP contribution in [0.3, 0.4) is 0 Å². The van der Waals surface area contributed by atoms with Crippen LogP contribution in [0.15, 0.2) is 0 Å². The van der Waals surface area contributed by atoms with Crippen LogP contribution in [-0.4, -0.2) is 101 Å². The molecule has 5 N–H and O–H groups in total. The fourth-order valence-electron chi connectivity index (χ4n) is 7.45. The number of halogens is 1. The van der Waals surface area contributed by atoms with Gasteiger partial charge in [-0.3, -0.25) is 0 Å². The maximum Gasteiger partial charge on any atom is 0.111 e. The molecule has 0 spiro atoms. The van der Waals surface area contributed by atoms with Crippen LogP contribution in [0.5, 0.6) is 0 Å². The third-order valence-electron chi connectivity index (χ3n) is 11.2. The molecule has 0 aromatic heterocycles. The zero-order valence-electron chi connectivity index (χ0n) is 34.9. The highest BCUT2D eigenvalue weighted by atomic mass is 35.5. The highest BCUT2D eigenvalue weighted by Gasteiger charge is 2.30. The van der Waals surface area contributed by atoms with Crippen molar-refractivity contribution in [3.8, 4) is 0 Å². The second-order valence-corrected chi connectivity index (χ2v) is 16.4. The van der Waals surface area contributed by atoms with E-state index in [1.54, 1.807) is 0 Å². The number of hydrogen-bond donors (Lipinski definition) is 5. The first-order valence-electron chi connectivity index (χ1n) is 22.6. The average Bonchev–Trinajstić information content (AvgIpc) is 3.13. The van der Waals surface area contributed by atoms with Gasteiger partial charge in [0.15, 0.2) is 0 Å². The Balaban J connectivity index is 0. The molecule has 0 saturated carbocycles. The van der Waals surface area contributed by atoms with E-state index >= 15 is 0 Å². The van der Waals surface area contributed by atoms with Gasteiger partial charge in [0.2, 0.25) is 0 Å². The third kappa shape index (κ3) is 34.5. The van der Waals surface area contributed by atoms with E-state index in [1.165, 1.54) is 204 Å². The molecule has 0 unspecified atom stereocenters. The van der Waals surface area contributed by atoms with Crippen LogP contribution in [0.1, 0.15) is 213 Å². The lowest BCUT2D eigenvalue weighted by atomic mass is 10.0. The molecule has 7 nitrogen and oxygen atoms in total. The van der Waals surface area contributed by atoms with Gasteiger partial charge in [-0.05, 0) is 44.9 Å². The molecule has 0 fully saturated rings. The van der Waals surface area contributed by atoms with E-state index in [-0.39, 0.29) is 19.0 Å². The van der Waals surface area contributed by atoms with E-state index < -0.39 is 31.0 Å². The molecule has 0 aliphatic carbocycles. The molecule has 0 heterocycles. The van der Waals surface area contributed by atoms with Crippen LogP contribution >= 0.6 is 0 Å². The highest BCUT2D eigenvalue weighted by Crippen LogP contribution is 2.18. The molecule has 0 rings (SSSR count). The summed E-state index contributed by atoms with van der Waals surface area (Å²) in [5.74, 6) is 0. The summed E-state index contributed by atoms with van der Waals surface area (Å²) in [6, 6.07) is 0. The van der Waals surface area contributed by atoms with Gasteiger partial charge in [0.25, 0.3) is 0 Å². The monoisotopic (exact) mass is 766 g/mol. The Morgan fingerprint density at radius 2 is 0.673 bits per heavy atom. The van der Waals surface area contributed by atoms with Crippen molar-refractivity contribution in [2.45, 2.75) is 237 Å². The Hall–Kier alpha value is 0.01000. The van der Waals surface area contributed by atoms with Crippen molar-refractivity contribution in [2.75, 3.05) is 46.5 Å². The number of quaternary nitrogens is 1. The van der Waals surface area contributed by atoms with Gasteiger partial charge in [0, 0.05) is 6.61 Å². The number of unbranched alkanes of at least 4 members (excludes halogenated alkanes) is 28. The van der Waals surface area contributed by atoms with Gasteiger partial charge in [-0.1, -0.05) is 168 Å². The highest BCUT2D eigenvalue weighted by molar-refractivity contribution is 4.80. The lowest BCUT2D eigenvalue weighted by Crippen LogP contribution is -3.00. The van der Waals surface area contributed by atoms with E-state index in [4.69, 9.17) is 9.84 Å². The maximum absolute atomic E-state index is 10.1. The zero-order chi connectivity index (χ0) is 37.7. The first kappa shape index (κ1) is 54.1. The van der Waals surface area contributed by atoms with E-state index in [1.807, 2.05) is 0 Å². The molecule has 52 heavy (non-hydrogen) atoms. The summed E-state index contributed by atoms with van der Waals surface area (Å²) in [6.45, 7) is 8.03. The third-order valence-corrected chi connectivity index (χ3v) is 11.2. The van der Waals surface area contributed by atoms with Gasteiger partial charge in [-0.15, -0.1) is 0 Å². The Bertz CT molecular complexity index is 657. The minimum Gasteiger partial charge on any atom is -1.00 e. The van der Waals surface area contributed by atoms with Crippen molar-refractivity contribution in [1.82, 2.24) is 0 Å². The molecule has 0 aromatic carbocycles. The predicted molar refractivity (Wildman–Crippen MR) is 217 cm³/mol. The second kappa shape index (κ2) is 40.7. The molecule has 4 atom stereocenters. The minimum absolute atomic E-state index is 0. The maximum atomic E-state index is 10.1. The second-order valence-electron chi connectivity index (χ2n) is 16.4. The summed E-state index contributed by atoms with van der Waals surface area (Å²) >= 11 is 0. The molecule has 316 valence electrons. The Kier molecular flexibility index (Phi) is 42.3. The number of aliphatic hydroxyl groups is 5. The number of aliphatic hydroxyl groups excluding tert-OH is 5. The number of rotatable bonds is 42. The summed E-state index contributed by atoms with van der Waals surface area (Å²) in [5.41, 5.74) is 0. The predicted octanol–water partition coefficient (Wildman–Crippen LogP) is 7.02. The summed E-state index contributed by atoms with van der Waals surface area (Å²) in [6.07, 6.45) is 36.4. The van der Waals surface area contributed by atoms with Crippen LogP contribution in [0, 0.1) is 0 Å². The summed E-state index contributed by atoms with van der Waals surface area (Å²) in [4.78, 5) is 0. The van der Waals surface area contributed by atoms with Gasteiger partial charge in [-0.2, -0.15) is 0 Å². The van der Waals surface area contributed by atoms with Crippen molar-refractivity contribution < 1.29 is 47.2 Å². The molecular weight excluding hydrogens is 674 g/mol. The smallest absolute Gasteiger partial charge is 0.111 e. The molecule has 0 amide bonds. The zero-order valence-corrected chi connectivity index (χ0v) is 35.7. The SMILES string of the molecule is CCCCCCCCCCCCCCCC[N+](C)(CCCCCCCCCCCCCCCC)CCCCCOC[C@H](O)[C@@H](O)[C@@H](O)[C@H](O)CO.[Cl-]. The quantitative estimate of drug-likeness (QED) is 0.0338. The van der Waals surface area contributed by atoms with Gasteiger partial charge < -0.3 is 47.2 Å². The van der Waals surface area contributed by atoms with E-state index in [2.05, 4.69) is 20.9 Å². The fourth-order valence-corrected chi connectivity index (χ4v) is 7.45. The molecule has 0 radical (unpaired) electrons. The molecule has 0 aromatic rings. The van der Waals surface area contributed by atoms with Crippen molar-refractivity contribution >= 4 is 0 Å². The van der Waals surface area contributed by atoms with Crippen molar-refractivity contribution in [1.29, 1.82) is 0 Å². The standard InChI is InChI=1S/C44H92NO6.ClH/c1-4-6-8-10-12-14-16-18-20-22-24-26-28-31-35-45(3,36-32-29-27-25-23-21-19-17-15-13-11-9-7-5-2)37-33-30-34-38-51-40-42(48)44(50)43(49)41(47)39-46;/h41-44,46-50H,4-40H2,1-3H3;1H/q+1;/p-1/t41-,42+,43+,44-;/m1./s1. The lowest BCUT2D eigenvalue weighted by molar-refractivity contribution is -0.910. The largest absolute Gasteiger partial charge is 1.00 e. The van der Waals surface area contributed by atoms with Crippen LogP contribution < -0.4 is 12.4 Å². The molecule has 0 saturated heterocycles. The molecule has 0 aliphatic rings. The van der Waals surface area contributed by atoms with Crippen LogP contribution in [0.4, 0.5) is 0 Å². The lowest BCUT2D eigenvalue weighted by Gasteiger charge is -2.35. The molecule has 0 aliphatic heterocycles. The minimum atomic E-state index is -1.61. The average molecular weight is 767 g/mol. The topological polar surface area (TPSA) is 110 Å². The number of nitrogens with zero attached hydrogens (tertiary/aromatic N) is 1. The molecule has 0 bridgehead atoms. The van der Waals surface area contributed by atoms with E-state index in [0.29, 0.717) is 6.61 Å². The van der Waals surface area contributed by atoms with Crippen molar-refractivity contribution in [3.05, 3.63) is 0 Å². The number of ether oxygens (including phenoxy) is 1. The first-order chi connectivity index (χ1) is 24.8. The summed E-state index contributed by atoms with van der Waals surface area (Å²) in [5, 5.41) is 48.2. The fraction of sp³-hybridized carbons (Fsp3) is 1.00. The Morgan fingerprint density at radius 1 is 0.404 bits per heavy atom.